The predicted octanol–water partition coefficient (Wildman–Crippen LogP) is -1.58. The fourth-order valence-corrected chi connectivity index (χ4v) is 6.00. The zero-order valence-electron chi connectivity index (χ0n) is 19.1. The Balaban J connectivity index is 1.38. The molecule has 3 aromatic rings. The number of thioether (sulfide) groups is 1. The van der Waals surface area contributed by atoms with Gasteiger partial charge in [0.25, 0.3) is 11.8 Å². The van der Waals surface area contributed by atoms with E-state index >= 15 is 0 Å². The zero-order valence-corrected chi connectivity index (χ0v) is 20.7. The number of nitrogens with one attached hydrogen (secondary N) is 1. The van der Waals surface area contributed by atoms with Gasteiger partial charge in [-0.2, -0.15) is 13.9 Å². The highest BCUT2D eigenvalue weighted by Gasteiger charge is 2.53. The van der Waals surface area contributed by atoms with E-state index < -0.39 is 29.2 Å². The summed E-state index contributed by atoms with van der Waals surface area (Å²) in [4.78, 5) is 47.8. The number of hydrogen-bond donors (Lipinski definition) is 2. The van der Waals surface area contributed by atoms with Gasteiger partial charge in [0.2, 0.25) is 17.2 Å². The van der Waals surface area contributed by atoms with Gasteiger partial charge in [-0.3, -0.25) is 14.5 Å². The maximum atomic E-state index is 13.0. The molecule has 3 aromatic heterocycles. The largest absolute Gasteiger partial charge is 0.543 e. The Morgan fingerprint density at radius 2 is 2.22 bits per heavy atom. The van der Waals surface area contributed by atoms with Gasteiger partial charge in [0, 0.05) is 36.0 Å². The minimum Gasteiger partial charge on any atom is -0.543 e. The Bertz CT molecular complexity index is 1460. The van der Waals surface area contributed by atoms with Gasteiger partial charge in [0.1, 0.15) is 24.0 Å². The Morgan fingerprint density at radius 1 is 1.42 bits per heavy atom. The van der Waals surface area contributed by atoms with Crippen LogP contribution < -0.4 is 20.7 Å². The summed E-state index contributed by atoms with van der Waals surface area (Å²) in [5.41, 5.74) is 7.65. The molecule has 0 saturated carbocycles. The minimum absolute atomic E-state index is 0.0401. The van der Waals surface area contributed by atoms with Crippen molar-refractivity contribution in [1.29, 1.82) is 0 Å². The van der Waals surface area contributed by atoms with Crippen LogP contribution in [-0.4, -0.2) is 66.4 Å². The number of carbonyl (C=O) groups excluding carboxylic acids is 3. The van der Waals surface area contributed by atoms with E-state index in [1.54, 1.807) is 0 Å². The lowest BCUT2D eigenvalue weighted by atomic mass is 10.0. The molecule has 15 heteroatoms. The van der Waals surface area contributed by atoms with Crippen LogP contribution in [0.1, 0.15) is 11.5 Å². The molecule has 3 N–H and O–H groups in total. The van der Waals surface area contributed by atoms with Crippen molar-refractivity contribution in [3.05, 3.63) is 53.5 Å². The van der Waals surface area contributed by atoms with Crippen LogP contribution in [0.3, 0.4) is 0 Å². The number of amides is 2. The van der Waals surface area contributed by atoms with E-state index in [0.29, 0.717) is 11.3 Å². The number of nitrogens with two attached hydrogens (primary N) is 1. The number of carboxylic acid groups (broad SMARTS) is 1. The van der Waals surface area contributed by atoms with E-state index in [1.165, 1.54) is 23.8 Å². The van der Waals surface area contributed by atoms with Crippen LogP contribution in [-0.2, 0) is 25.8 Å². The average Bonchev–Trinajstić information content (AvgIpc) is 3.51. The second kappa shape index (κ2) is 9.23. The van der Waals surface area contributed by atoms with Gasteiger partial charge in [-0.25, -0.2) is 0 Å². The number of β-lactam (4-membered cyclic amide) rings is 1. The van der Waals surface area contributed by atoms with Crippen LogP contribution in [0, 0.1) is 6.92 Å². The molecule has 0 bridgehead atoms. The molecule has 0 radical (unpaired) electrons. The summed E-state index contributed by atoms with van der Waals surface area (Å²) < 4.78 is 7.85. The van der Waals surface area contributed by atoms with Crippen molar-refractivity contribution in [3.63, 3.8) is 0 Å². The first-order chi connectivity index (χ1) is 17.3. The molecule has 2 aliphatic heterocycles. The number of oxime groups is 1. The molecule has 2 amide bonds. The highest BCUT2D eigenvalue weighted by molar-refractivity contribution is 8.00. The van der Waals surface area contributed by atoms with Gasteiger partial charge in [-0.05, 0) is 12.1 Å². The Kier molecular flexibility index (Phi) is 6.09. The zero-order chi connectivity index (χ0) is 25.6. The van der Waals surface area contributed by atoms with E-state index in [9.17, 15) is 19.5 Å². The van der Waals surface area contributed by atoms with E-state index in [0.717, 1.165) is 22.7 Å². The van der Waals surface area contributed by atoms with Crippen molar-refractivity contribution in [3.8, 4) is 0 Å². The molecule has 2 atom stereocenters. The molecular formula is C21H20N8O5S2. The topological polar surface area (TPSA) is 171 Å². The summed E-state index contributed by atoms with van der Waals surface area (Å²) in [6.07, 6.45) is 5.66. The average molecular weight is 529 g/mol. The molecule has 36 heavy (non-hydrogen) atoms. The third kappa shape index (κ3) is 3.95. The first kappa shape index (κ1) is 23.7. The Morgan fingerprint density at radius 3 is 2.92 bits per heavy atom. The molecule has 0 spiro atoms. The normalized spacial score (nSPS) is 19.8. The summed E-state index contributed by atoms with van der Waals surface area (Å²) in [6.45, 7) is 2.22. The standard InChI is InChI=1S/C21H20N8O5S2/c1-10-12-4-3-5-27(12)6-7-28(10)8-11-9-35-19-14(18(31)29(19)15(11)20(32)33)23-17(30)13(25-34-2)16-24-21(22)36-26-16/h3-7,14,19H,8-9H2,1-2H3,(H3-,22,23,24,26,30,32,33)/b25-13-/t14-,19+/m1/s1. The second-order valence-corrected chi connectivity index (χ2v) is 9.88. The van der Waals surface area contributed by atoms with Crippen molar-refractivity contribution in [2.45, 2.75) is 24.9 Å². The quantitative estimate of drug-likeness (QED) is 0.159. The maximum absolute atomic E-state index is 13.0. The number of nitrogen functional groups attached to an aromatic ring is 1. The van der Waals surface area contributed by atoms with Gasteiger partial charge in [-0.1, -0.05) is 5.16 Å². The smallest absolute Gasteiger partial charge is 0.278 e. The summed E-state index contributed by atoms with van der Waals surface area (Å²) in [5.74, 6) is -2.46. The number of nitrogens with zero attached hydrogens (tertiary/aromatic N) is 6. The SMILES string of the molecule is CO/N=C(\C(=O)N[C@@H]1C(=O)N2C(C(=O)[O-])=C(C[n+]3ccn4cccc4c3C)CS[C@@H]12)c1nsc(N)n1. The number of aliphatic carboxylic acids is 1. The summed E-state index contributed by atoms with van der Waals surface area (Å²) in [5, 5.41) is 17.9. The molecule has 5 heterocycles. The second-order valence-electron chi connectivity index (χ2n) is 7.99. The molecule has 0 aliphatic carbocycles. The third-order valence-electron chi connectivity index (χ3n) is 5.93. The number of carbonyl (C=O) groups is 3. The molecule has 186 valence electrons. The van der Waals surface area contributed by atoms with Gasteiger partial charge < -0.3 is 30.2 Å². The number of carboxylic acids is 1. The van der Waals surface area contributed by atoms with Crippen LogP contribution in [0.5, 0.6) is 0 Å². The van der Waals surface area contributed by atoms with Crippen molar-refractivity contribution in [2.75, 3.05) is 18.6 Å². The van der Waals surface area contributed by atoms with Gasteiger partial charge in [0.05, 0.1) is 17.9 Å². The van der Waals surface area contributed by atoms with E-state index in [1.807, 2.05) is 46.6 Å². The lowest BCUT2D eigenvalue weighted by Crippen LogP contribution is -2.71. The summed E-state index contributed by atoms with van der Waals surface area (Å²) >= 11 is 2.23. The van der Waals surface area contributed by atoms with Gasteiger partial charge in [-0.15, -0.1) is 11.8 Å². The number of anilines is 1. The van der Waals surface area contributed by atoms with Crippen molar-refractivity contribution in [2.24, 2.45) is 5.16 Å². The molecular weight excluding hydrogens is 508 g/mol. The number of aromatic nitrogens is 4. The molecule has 0 aromatic carbocycles. The monoisotopic (exact) mass is 528 g/mol. The Labute approximate surface area is 212 Å². The Hall–Kier alpha value is -3.98. The lowest BCUT2D eigenvalue weighted by Gasteiger charge is -2.50. The summed E-state index contributed by atoms with van der Waals surface area (Å²) in [6, 6.07) is 2.92. The number of fused-ring (bicyclic) bond motifs is 2. The van der Waals surface area contributed by atoms with Crippen LogP contribution in [0.4, 0.5) is 5.13 Å². The predicted molar refractivity (Wildman–Crippen MR) is 127 cm³/mol. The van der Waals surface area contributed by atoms with E-state index in [4.69, 9.17) is 10.6 Å². The number of hydrogen-bond acceptors (Lipinski definition) is 11. The van der Waals surface area contributed by atoms with Crippen LogP contribution >= 0.6 is 23.3 Å². The van der Waals surface area contributed by atoms with Crippen LogP contribution in [0.25, 0.3) is 5.52 Å². The van der Waals surface area contributed by atoms with Crippen molar-refractivity contribution in [1.82, 2.24) is 24.0 Å². The summed E-state index contributed by atoms with van der Waals surface area (Å²) in [7, 11) is 1.25. The highest BCUT2D eigenvalue weighted by atomic mass is 32.2. The number of aryl methyl sites for hydroxylation is 1. The van der Waals surface area contributed by atoms with E-state index in [-0.39, 0.29) is 28.9 Å². The molecule has 13 nitrogen and oxygen atoms in total. The molecule has 1 saturated heterocycles. The third-order valence-corrected chi connectivity index (χ3v) is 7.81. The maximum Gasteiger partial charge on any atom is 0.278 e. The van der Waals surface area contributed by atoms with E-state index in [2.05, 4.69) is 19.8 Å². The van der Waals surface area contributed by atoms with Crippen LogP contribution in [0.2, 0.25) is 0 Å². The highest BCUT2D eigenvalue weighted by Crippen LogP contribution is 2.40. The van der Waals surface area contributed by atoms with Gasteiger partial charge in [0.15, 0.2) is 17.9 Å². The first-order valence-corrected chi connectivity index (χ1v) is 12.5. The molecule has 2 aliphatic rings. The van der Waals surface area contributed by atoms with Crippen molar-refractivity contribution >= 4 is 57.4 Å². The molecule has 5 rings (SSSR count). The first-order valence-electron chi connectivity index (χ1n) is 10.7. The fraction of sp³-hybridized carbons (Fsp3) is 0.286. The van der Waals surface area contributed by atoms with Gasteiger partial charge >= 0.3 is 0 Å². The fourth-order valence-electron chi connectivity index (χ4n) is 4.23. The molecule has 1 fully saturated rings. The minimum atomic E-state index is -1.45. The number of rotatable bonds is 7. The molecule has 0 unspecified atom stereocenters. The van der Waals surface area contributed by atoms with Crippen molar-refractivity contribution < 1.29 is 28.9 Å². The van der Waals surface area contributed by atoms with Crippen LogP contribution in [0.15, 0.2) is 47.1 Å². The lowest BCUT2D eigenvalue weighted by molar-refractivity contribution is -0.694.